The maximum atomic E-state index is 12.0. The van der Waals surface area contributed by atoms with Crippen molar-refractivity contribution in [2.45, 2.75) is 31.7 Å². The van der Waals surface area contributed by atoms with Crippen molar-refractivity contribution in [2.24, 2.45) is 0 Å². The Morgan fingerprint density at radius 2 is 2.10 bits per heavy atom. The molecule has 1 aliphatic rings. The van der Waals surface area contributed by atoms with E-state index in [9.17, 15) is 9.59 Å². The van der Waals surface area contributed by atoms with E-state index in [1.54, 1.807) is 0 Å². The van der Waals surface area contributed by atoms with E-state index in [4.69, 9.17) is 0 Å². The summed E-state index contributed by atoms with van der Waals surface area (Å²) in [5.41, 5.74) is 0.624. The van der Waals surface area contributed by atoms with Gasteiger partial charge in [0.15, 0.2) is 0 Å². The van der Waals surface area contributed by atoms with Gasteiger partial charge in [-0.3, -0.25) is 9.59 Å². The largest absolute Gasteiger partial charge is 0.353 e. The van der Waals surface area contributed by atoms with Crippen LogP contribution in [0.25, 0.3) is 0 Å². The summed E-state index contributed by atoms with van der Waals surface area (Å²) in [6.07, 6.45) is 3.32. The Balaban J connectivity index is 1.71. The first-order valence-corrected chi connectivity index (χ1v) is 8.46. The summed E-state index contributed by atoms with van der Waals surface area (Å²) in [5, 5.41) is 5.77. The fourth-order valence-corrected chi connectivity index (χ4v) is 2.66. The van der Waals surface area contributed by atoms with Crippen molar-refractivity contribution in [1.29, 1.82) is 0 Å². The predicted octanol–water partition coefficient (Wildman–Crippen LogP) is 2.84. The van der Waals surface area contributed by atoms with E-state index in [1.165, 1.54) is 0 Å². The van der Waals surface area contributed by atoms with Gasteiger partial charge in [0.05, 0.1) is 5.56 Å². The molecule has 2 rings (SSSR count). The number of hydrogen-bond donors (Lipinski definition) is 2. The monoisotopic (exact) mass is 450 g/mol. The standard InChI is InChI=1S/C14H16BrIN2O2/c15-12-6-3-9(16)8-11(12)14(20)17-7-1-2-13(19)18-10-4-5-10/h3,6,8,10H,1-2,4-5,7H2,(H,17,20)(H,18,19). The maximum Gasteiger partial charge on any atom is 0.252 e. The zero-order valence-corrected chi connectivity index (χ0v) is 14.7. The quantitative estimate of drug-likeness (QED) is 0.517. The summed E-state index contributed by atoms with van der Waals surface area (Å²) in [7, 11) is 0. The number of carbonyl (C=O) groups excluding carboxylic acids is 2. The molecular formula is C14H16BrIN2O2. The number of hydrogen-bond acceptors (Lipinski definition) is 2. The van der Waals surface area contributed by atoms with Gasteiger partial charge < -0.3 is 10.6 Å². The van der Waals surface area contributed by atoms with Crippen molar-refractivity contribution < 1.29 is 9.59 Å². The van der Waals surface area contributed by atoms with Gasteiger partial charge in [0.25, 0.3) is 5.91 Å². The third-order valence-corrected chi connectivity index (χ3v) is 4.34. The van der Waals surface area contributed by atoms with Crippen LogP contribution < -0.4 is 10.6 Å². The van der Waals surface area contributed by atoms with Crippen LogP contribution in [-0.2, 0) is 4.79 Å². The van der Waals surface area contributed by atoms with Crippen LogP contribution in [0, 0.1) is 3.57 Å². The summed E-state index contributed by atoms with van der Waals surface area (Å²) in [6, 6.07) is 6.03. The second kappa shape index (κ2) is 7.40. The third kappa shape index (κ3) is 5.05. The molecular weight excluding hydrogens is 435 g/mol. The van der Waals surface area contributed by atoms with Crippen molar-refractivity contribution >= 4 is 50.3 Å². The Kier molecular flexibility index (Phi) is 5.83. The van der Waals surface area contributed by atoms with Crippen LogP contribution in [0.3, 0.4) is 0 Å². The Bertz CT molecular complexity index is 518. The number of halogens is 2. The molecule has 1 aliphatic carbocycles. The Morgan fingerprint density at radius 1 is 1.35 bits per heavy atom. The van der Waals surface area contributed by atoms with Crippen LogP contribution in [-0.4, -0.2) is 24.4 Å². The molecule has 2 N–H and O–H groups in total. The van der Waals surface area contributed by atoms with E-state index in [2.05, 4.69) is 49.2 Å². The molecule has 4 nitrogen and oxygen atoms in total. The number of benzene rings is 1. The Labute approximate surface area is 140 Å². The molecule has 1 saturated carbocycles. The zero-order valence-electron chi connectivity index (χ0n) is 10.9. The number of rotatable bonds is 6. The molecule has 0 aromatic heterocycles. The molecule has 0 heterocycles. The molecule has 0 spiro atoms. The average Bonchev–Trinajstić information content (AvgIpc) is 3.21. The van der Waals surface area contributed by atoms with Gasteiger partial charge in [0.1, 0.15) is 0 Å². The molecule has 108 valence electrons. The van der Waals surface area contributed by atoms with Gasteiger partial charge in [-0.1, -0.05) is 0 Å². The molecule has 0 atom stereocenters. The number of amides is 2. The lowest BCUT2D eigenvalue weighted by Gasteiger charge is -2.07. The molecule has 1 fully saturated rings. The van der Waals surface area contributed by atoms with Crippen molar-refractivity contribution in [3.63, 3.8) is 0 Å². The molecule has 1 aromatic rings. The first-order chi connectivity index (χ1) is 9.56. The van der Waals surface area contributed by atoms with Gasteiger partial charge in [0.2, 0.25) is 5.91 Å². The van der Waals surface area contributed by atoms with Crippen molar-refractivity contribution in [3.8, 4) is 0 Å². The van der Waals surface area contributed by atoms with Crippen LogP contribution >= 0.6 is 38.5 Å². The highest BCUT2D eigenvalue weighted by molar-refractivity contribution is 14.1. The summed E-state index contributed by atoms with van der Waals surface area (Å²) in [6.45, 7) is 0.509. The van der Waals surface area contributed by atoms with Crippen molar-refractivity contribution in [2.75, 3.05) is 6.54 Å². The number of nitrogens with one attached hydrogen (secondary N) is 2. The minimum Gasteiger partial charge on any atom is -0.353 e. The SMILES string of the molecule is O=C(CCCNC(=O)c1cc(I)ccc1Br)NC1CC1. The van der Waals surface area contributed by atoms with Gasteiger partial charge in [-0.15, -0.1) is 0 Å². The van der Waals surface area contributed by atoms with Gasteiger partial charge in [-0.05, 0) is 76.0 Å². The summed E-state index contributed by atoms with van der Waals surface area (Å²) >= 11 is 5.54. The predicted molar refractivity (Wildman–Crippen MR) is 89.6 cm³/mol. The fraction of sp³-hybridized carbons (Fsp3) is 0.429. The molecule has 0 aliphatic heterocycles. The molecule has 0 unspecified atom stereocenters. The second-order valence-corrected chi connectivity index (χ2v) is 6.93. The number of carbonyl (C=O) groups is 2. The molecule has 1 aromatic carbocycles. The summed E-state index contributed by atoms with van der Waals surface area (Å²) < 4.78 is 1.79. The first-order valence-electron chi connectivity index (χ1n) is 6.59. The van der Waals surface area contributed by atoms with E-state index in [-0.39, 0.29) is 11.8 Å². The maximum absolute atomic E-state index is 12.0. The van der Waals surface area contributed by atoms with Gasteiger partial charge in [-0.2, -0.15) is 0 Å². The van der Waals surface area contributed by atoms with Crippen LogP contribution in [0.5, 0.6) is 0 Å². The zero-order chi connectivity index (χ0) is 14.5. The highest BCUT2D eigenvalue weighted by Crippen LogP contribution is 2.20. The highest BCUT2D eigenvalue weighted by Gasteiger charge is 2.22. The van der Waals surface area contributed by atoms with E-state index in [0.717, 1.165) is 20.9 Å². The second-order valence-electron chi connectivity index (χ2n) is 4.83. The fourth-order valence-electron chi connectivity index (χ4n) is 1.75. The van der Waals surface area contributed by atoms with Crippen LogP contribution in [0.2, 0.25) is 0 Å². The molecule has 0 radical (unpaired) electrons. The topological polar surface area (TPSA) is 58.2 Å². The van der Waals surface area contributed by atoms with E-state index in [0.29, 0.717) is 31.0 Å². The molecule has 0 bridgehead atoms. The van der Waals surface area contributed by atoms with Crippen LogP contribution in [0.15, 0.2) is 22.7 Å². The summed E-state index contributed by atoms with van der Waals surface area (Å²) in [5.74, 6) is -0.0322. The highest BCUT2D eigenvalue weighted by atomic mass is 127. The molecule has 20 heavy (non-hydrogen) atoms. The molecule has 6 heteroatoms. The molecule has 2 amide bonds. The van der Waals surface area contributed by atoms with Crippen LogP contribution in [0.4, 0.5) is 0 Å². The Hall–Kier alpha value is -0.630. The lowest BCUT2D eigenvalue weighted by molar-refractivity contribution is -0.121. The molecule has 0 saturated heterocycles. The minimum atomic E-state index is -0.113. The van der Waals surface area contributed by atoms with Gasteiger partial charge in [0, 0.05) is 27.1 Å². The minimum absolute atomic E-state index is 0.0807. The van der Waals surface area contributed by atoms with Crippen molar-refractivity contribution in [1.82, 2.24) is 10.6 Å². The van der Waals surface area contributed by atoms with E-state index in [1.807, 2.05) is 18.2 Å². The first kappa shape index (κ1) is 15.8. The average molecular weight is 451 g/mol. The normalized spacial score (nSPS) is 13.9. The lowest BCUT2D eigenvalue weighted by Crippen LogP contribution is -2.28. The van der Waals surface area contributed by atoms with E-state index < -0.39 is 0 Å². The lowest BCUT2D eigenvalue weighted by atomic mass is 10.2. The van der Waals surface area contributed by atoms with Crippen LogP contribution in [0.1, 0.15) is 36.0 Å². The van der Waals surface area contributed by atoms with E-state index >= 15 is 0 Å². The summed E-state index contributed by atoms with van der Waals surface area (Å²) in [4.78, 5) is 23.5. The smallest absolute Gasteiger partial charge is 0.252 e. The van der Waals surface area contributed by atoms with Crippen molar-refractivity contribution in [3.05, 3.63) is 31.8 Å². The van der Waals surface area contributed by atoms with Gasteiger partial charge >= 0.3 is 0 Å². The third-order valence-electron chi connectivity index (χ3n) is 2.98. The van der Waals surface area contributed by atoms with Gasteiger partial charge in [-0.25, -0.2) is 0 Å². The Morgan fingerprint density at radius 3 is 2.80 bits per heavy atom.